The van der Waals surface area contributed by atoms with E-state index in [9.17, 15) is 0 Å². The van der Waals surface area contributed by atoms with Gasteiger partial charge in [0.15, 0.2) is 0 Å². The first-order valence-electron chi connectivity index (χ1n) is 6.12. The molecule has 2 rings (SSSR count). The third kappa shape index (κ3) is 18.4. The van der Waals surface area contributed by atoms with E-state index in [1.165, 1.54) is 17.7 Å². The summed E-state index contributed by atoms with van der Waals surface area (Å²) in [6.45, 7) is 6.68. The van der Waals surface area contributed by atoms with Crippen LogP contribution in [0.1, 0.15) is 19.4 Å². The van der Waals surface area contributed by atoms with Crippen LogP contribution in [-0.4, -0.2) is 5.43 Å². The summed E-state index contributed by atoms with van der Waals surface area (Å²) < 4.78 is 0. The number of hydrogen-bond donors (Lipinski definition) is 0. The first-order valence-corrected chi connectivity index (χ1v) is 11.7. The molecule has 0 amide bonds. The van der Waals surface area contributed by atoms with Crippen LogP contribution in [0.5, 0.6) is 0 Å². The second kappa shape index (κ2) is 18.4. The molecule has 0 bridgehead atoms. The van der Waals surface area contributed by atoms with Crippen LogP contribution in [0.3, 0.4) is 0 Å². The molecule has 2 aromatic rings. The predicted octanol–water partition coefficient (Wildman–Crippen LogP) is -1.31. The van der Waals surface area contributed by atoms with Gasteiger partial charge in [0.1, 0.15) is 0 Å². The summed E-state index contributed by atoms with van der Waals surface area (Å²) in [4.78, 5) is 0. The largest absolute Gasteiger partial charge is 1.00 e. The molecule has 0 heterocycles. The van der Waals surface area contributed by atoms with Crippen LogP contribution in [0.25, 0.3) is 0 Å². The molecule has 2 aromatic carbocycles. The Kier molecular flexibility index (Phi) is 23.6. The topological polar surface area (TPSA) is 0 Å². The van der Waals surface area contributed by atoms with Gasteiger partial charge >= 0.3 is 54.7 Å². The number of hydrogen-bond acceptors (Lipinski definition) is 0. The molecule has 0 atom stereocenters. The first kappa shape index (κ1) is 24.4. The van der Waals surface area contributed by atoms with Gasteiger partial charge in [0.25, 0.3) is 0 Å². The third-order valence-corrected chi connectivity index (χ3v) is 9.16. The van der Waals surface area contributed by atoms with Crippen LogP contribution >= 0.6 is 0 Å². The molecule has 4 heteroatoms. The molecule has 0 fully saturated rings. The monoisotopic (exact) mass is 390 g/mol. The number of halogens is 2. The van der Waals surface area contributed by atoms with Crippen LogP contribution in [-0.2, 0) is 23.3 Å². The molecule has 0 saturated heterocycles. The fourth-order valence-electron chi connectivity index (χ4n) is 1.04. The summed E-state index contributed by atoms with van der Waals surface area (Å²) >= 11 is 1.80. The molecule has 0 nitrogen and oxygen atoms in total. The van der Waals surface area contributed by atoms with Crippen molar-refractivity contribution in [3.63, 3.8) is 0 Å². The van der Waals surface area contributed by atoms with Gasteiger partial charge in [-0.1, -0.05) is 6.92 Å². The standard InChI is InChI=1S/C6H7.C5H5.C4H10Si.2ClH.Zr/c1-6-4-2-3-5-6;1-2-4-5-3-1;1-3-5-4-2;;;/h2-5H,1H3;1-5H;3-4H2,1-2H3;2*1H;/q2*-1;;;;+2/p-2. The molecule has 0 aliphatic heterocycles. The Morgan fingerprint density at radius 3 is 1.47 bits per heavy atom. The summed E-state index contributed by atoms with van der Waals surface area (Å²) in [6, 6.07) is 21.2. The minimum Gasteiger partial charge on any atom is -1.00 e. The smallest absolute Gasteiger partial charge is 0.0860 e. The van der Waals surface area contributed by atoms with Crippen molar-refractivity contribution in [2.24, 2.45) is 0 Å². The van der Waals surface area contributed by atoms with Gasteiger partial charge in [-0.05, 0) is 0 Å². The van der Waals surface area contributed by atoms with Gasteiger partial charge in [0, 0.05) is 0 Å². The molecule has 0 aliphatic carbocycles. The van der Waals surface area contributed by atoms with Gasteiger partial charge < -0.3 is 24.8 Å². The normalized spacial score (nSPS) is 7.63. The summed E-state index contributed by atoms with van der Waals surface area (Å²) in [5.74, 6) is 0. The molecule has 0 aromatic heterocycles. The quantitative estimate of drug-likeness (QED) is 0.440. The van der Waals surface area contributed by atoms with Crippen molar-refractivity contribution in [1.82, 2.24) is 0 Å². The minimum atomic E-state index is 0. The van der Waals surface area contributed by atoms with E-state index >= 15 is 0 Å². The van der Waals surface area contributed by atoms with Gasteiger partial charge in [0.05, 0.1) is 0 Å². The van der Waals surface area contributed by atoms with Gasteiger partial charge in [-0.3, -0.25) is 0 Å². The molecule has 19 heavy (non-hydrogen) atoms. The van der Waals surface area contributed by atoms with Gasteiger partial charge in [0.2, 0.25) is 0 Å². The summed E-state index contributed by atoms with van der Waals surface area (Å²) in [5.41, 5.74) is 1.56. The molecular formula is C15H22Cl2SiZr-2. The van der Waals surface area contributed by atoms with Crippen molar-refractivity contribution in [3.05, 3.63) is 60.2 Å². The molecule has 106 valence electrons. The van der Waals surface area contributed by atoms with Crippen LogP contribution in [0, 0.1) is 6.92 Å². The fraction of sp³-hybridized carbons (Fsp3) is 0.333. The zero-order chi connectivity index (χ0) is 12.9. The molecular weight excluding hydrogens is 370 g/mol. The van der Waals surface area contributed by atoms with Crippen LogP contribution in [0.4, 0.5) is 0 Å². The van der Waals surface area contributed by atoms with E-state index < -0.39 is 0 Å². The Labute approximate surface area is 145 Å². The maximum absolute atomic E-state index is 2.30. The fourth-order valence-corrected chi connectivity index (χ4v) is 1.54. The average molecular weight is 393 g/mol. The van der Waals surface area contributed by atoms with E-state index in [1.54, 1.807) is 23.3 Å². The van der Waals surface area contributed by atoms with Crippen molar-refractivity contribution in [2.45, 2.75) is 32.9 Å². The van der Waals surface area contributed by atoms with Crippen molar-refractivity contribution in [1.29, 1.82) is 0 Å². The summed E-state index contributed by atoms with van der Waals surface area (Å²) in [5, 5.41) is 0. The maximum Gasteiger partial charge on any atom is -0.0860 e. The van der Waals surface area contributed by atoms with Crippen molar-refractivity contribution < 1.29 is 48.1 Å². The molecule has 0 radical (unpaired) electrons. The van der Waals surface area contributed by atoms with Crippen LogP contribution in [0.15, 0.2) is 54.6 Å². The van der Waals surface area contributed by atoms with Crippen molar-refractivity contribution >= 4 is 5.43 Å². The second-order valence-corrected chi connectivity index (χ2v) is 11.6. The van der Waals surface area contributed by atoms with E-state index in [2.05, 4.69) is 32.9 Å². The van der Waals surface area contributed by atoms with Crippen LogP contribution in [0.2, 0.25) is 12.1 Å². The van der Waals surface area contributed by atoms with E-state index in [0.717, 1.165) is 0 Å². The summed E-state index contributed by atoms with van der Waals surface area (Å²) in [7, 11) is 0. The van der Waals surface area contributed by atoms with Gasteiger partial charge in [-0.15, -0.1) is 0 Å². The molecule has 0 N–H and O–H groups in total. The first-order chi connectivity index (χ1) is 8.20. The second-order valence-electron chi connectivity index (χ2n) is 3.74. The zero-order valence-corrected chi connectivity index (χ0v) is 16.8. The summed E-state index contributed by atoms with van der Waals surface area (Å²) in [6.07, 6.45) is 0. The molecule has 0 unspecified atom stereocenters. The Morgan fingerprint density at radius 2 is 1.37 bits per heavy atom. The predicted molar refractivity (Wildman–Crippen MR) is 75.5 cm³/mol. The molecule has 0 spiro atoms. The van der Waals surface area contributed by atoms with E-state index in [1.807, 2.05) is 42.5 Å². The van der Waals surface area contributed by atoms with E-state index in [0.29, 0.717) is 0 Å². The van der Waals surface area contributed by atoms with Gasteiger partial charge in [-0.25, -0.2) is 24.3 Å². The Balaban J connectivity index is -0.000000193. The van der Waals surface area contributed by atoms with Crippen molar-refractivity contribution in [2.75, 3.05) is 0 Å². The maximum atomic E-state index is 2.30. The van der Waals surface area contributed by atoms with Gasteiger partial charge in [-0.2, -0.15) is 35.9 Å². The molecule has 0 saturated carbocycles. The van der Waals surface area contributed by atoms with E-state index in [-0.39, 0.29) is 30.2 Å². The van der Waals surface area contributed by atoms with Crippen LogP contribution < -0.4 is 24.8 Å². The number of aryl methyl sites for hydroxylation is 1. The SMILES string of the molecule is CC[Si](=[Zr+2])CC.C[c-]1cccc1.[Cl-].[Cl-].c1cc[cH-]c1. The minimum absolute atomic E-state index is 0. The Hall–Kier alpha value is 0.380. The average Bonchev–Trinajstić information content (AvgIpc) is 3.03. The van der Waals surface area contributed by atoms with Crippen molar-refractivity contribution in [3.8, 4) is 0 Å². The zero-order valence-electron chi connectivity index (χ0n) is 11.9. The third-order valence-electron chi connectivity index (χ3n) is 2.24. The Morgan fingerprint density at radius 1 is 0.947 bits per heavy atom. The Bertz CT molecular complexity index is 332. The molecule has 0 aliphatic rings. The number of rotatable bonds is 2. The van der Waals surface area contributed by atoms with E-state index in [4.69, 9.17) is 0 Å².